The minimum absolute atomic E-state index is 0.170. The van der Waals surface area contributed by atoms with Gasteiger partial charge in [0.25, 0.3) is 0 Å². The highest BCUT2D eigenvalue weighted by molar-refractivity contribution is 5.20. The molecule has 2 rings (SSSR count). The number of methoxy groups -OCH3 is 1. The quantitative estimate of drug-likeness (QED) is 0.850. The first-order valence-corrected chi connectivity index (χ1v) is 5.77. The van der Waals surface area contributed by atoms with Gasteiger partial charge in [0, 0.05) is 19.7 Å². The summed E-state index contributed by atoms with van der Waals surface area (Å²) in [7, 11) is 1.74. The normalized spacial score (nSPS) is 25.6. The lowest BCUT2D eigenvalue weighted by molar-refractivity contribution is 0.129. The monoisotopic (exact) mass is 223 g/mol. The van der Waals surface area contributed by atoms with E-state index in [-0.39, 0.29) is 5.82 Å². The van der Waals surface area contributed by atoms with Crippen LogP contribution in [-0.4, -0.2) is 20.3 Å². The molecule has 0 aliphatic carbocycles. The summed E-state index contributed by atoms with van der Waals surface area (Å²) in [6.07, 6.45) is 2.27. The van der Waals surface area contributed by atoms with Crippen molar-refractivity contribution in [3.8, 4) is 0 Å². The molecule has 3 heteroatoms. The molecule has 1 N–H and O–H groups in total. The Hall–Kier alpha value is -0.930. The van der Waals surface area contributed by atoms with E-state index in [1.807, 2.05) is 12.1 Å². The Labute approximate surface area is 95.8 Å². The fourth-order valence-corrected chi connectivity index (χ4v) is 2.27. The molecule has 2 nitrogen and oxygen atoms in total. The Kier molecular flexibility index (Phi) is 3.91. The molecule has 1 aromatic rings. The van der Waals surface area contributed by atoms with Gasteiger partial charge in [-0.15, -0.1) is 0 Å². The van der Waals surface area contributed by atoms with Crippen LogP contribution < -0.4 is 5.32 Å². The first kappa shape index (κ1) is 11.6. The van der Waals surface area contributed by atoms with Crippen LogP contribution in [0.4, 0.5) is 4.39 Å². The summed E-state index contributed by atoms with van der Waals surface area (Å²) < 4.78 is 17.9. The van der Waals surface area contributed by atoms with Gasteiger partial charge in [0.1, 0.15) is 5.82 Å². The van der Waals surface area contributed by atoms with Crippen molar-refractivity contribution in [3.05, 3.63) is 35.6 Å². The van der Waals surface area contributed by atoms with E-state index in [4.69, 9.17) is 4.74 Å². The average molecular weight is 223 g/mol. The van der Waals surface area contributed by atoms with Crippen molar-refractivity contribution in [1.82, 2.24) is 5.32 Å². The maximum atomic E-state index is 12.8. The predicted molar refractivity (Wildman–Crippen MR) is 61.7 cm³/mol. The second-order valence-electron chi connectivity index (χ2n) is 4.41. The summed E-state index contributed by atoms with van der Waals surface area (Å²) >= 11 is 0. The molecule has 1 aromatic carbocycles. The molecule has 0 amide bonds. The van der Waals surface area contributed by atoms with Gasteiger partial charge in [-0.05, 0) is 36.5 Å². The Balaban J connectivity index is 1.91. The summed E-state index contributed by atoms with van der Waals surface area (Å²) in [5.41, 5.74) is 1.18. The molecule has 16 heavy (non-hydrogen) atoms. The number of rotatable bonds is 3. The summed E-state index contributed by atoms with van der Waals surface area (Å²) in [6.45, 7) is 1.80. The topological polar surface area (TPSA) is 21.3 Å². The molecule has 0 aromatic heterocycles. The third-order valence-corrected chi connectivity index (χ3v) is 3.19. The number of benzene rings is 1. The van der Waals surface area contributed by atoms with Crippen LogP contribution in [0.5, 0.6) is 0 Å². The summed E-state index contributed by atoms with van der Waals surface area (Å²) in [5.74, 6) is 0.443. The van der Waals surface area contributed by atoms with Crippen molar-refractivity contribution in [2.75, 3.05) is 20.3 Å². The van der Waals surface area contributed by atoms with Gasteiger partial charge in [0.15, 0.2) is 0 Å². The third kappa shape index (κ3) is 2.80. The van der Waals surface area contributed by atoms with Crippen LogP contribution >= 0.6 is 0 Å². The van der Waals surface area contributed by atoms with Crippen LogP contribution in [0.2, 0.25) is 0 Å². The molecular formula is C13H18FNO. The maximum Gasteiger partial charge on any atom is 0.123 e. The second-order valence-corrected chi connectivity index (χ2v) is 4.41. The highest BCUT2D eigenvalue weighted by Crippen LogP contribution is 2.25. The minimum atomic E-state index is -0.170. The van der Waals surface area contributed by atoms with Gasteiger partial charge in [0.05, 0.1) is 6.61 Å². The third-order valence-electron chi connectivity index (χ3n) is 3.19. The van der Waals surface area contributed by atoms with Crippen molar-refractivity contribution in [2.24, 2.45) is 5.92 Å². The van der Waals surface area contributed by atoms with E-state index in [2.05, 4.69) is 5.32 Å². The fourth-order valence-electron chi connectivity index (χ4n) is 2.27. The SMILES string of the molecule is COCC1CCC(c2ccc(F)cc2)NC1. The summed E-state index contributed by atoms with van der Waals surface area (Å²) in [6, 6.07) is 7.15. The molecule has 0 saturated carbocycles. The van der Waals surface area contributed by atoms with Crippen molar-refractivity contribution >= 4 is 0 Å². The minimum Gasteiger partial charge on any atom is -0.384 e. The molecular weight excluding hydrogens is 205 g/mol. The van der Waals surface area contributed by atoms with Crippen LogP contribution in [0.3, 0.4) is 0 Å². The van der Waals surface area contributed by atoms with Crippen LogP contribution in [0.1, 0.15) is 24.4 Å². The number of hydrogen-bond acceptors (Lipinski definition) is 2. The molecule has 0 radical (unpaired) electrons. The fraction of sp³-hybridized carbons (Fsp3) is 0.538. The number of halogens is 1. The Morgan fingerprint density at radius 1 is 1.31 bits per heavy atom. The van der Waals surface area contributed by atoms with E-state index < -0.39 is 0 Å². The van der Waals surface area contributed by atoms with Crippen LogP contribution in [-0.2, 0) is 4.74 Å². The summed E-state index contributed by atoms with van der Waals surface area (Å²) in [5, 5.41) is 3.49. The molecule has 2 unspecified atom stereocenters. The smallest absolute Gasteiger partial charge is 0.123 e. The zero-order chi connectivity index (χ0) is 11.4. The van der Waals surface area contributed by atoms with Crippen LogP contribution in [0.15, 0.2) is 24.3 Å². The maximum absolute atomic E-state index is 12.8. The van der Waals surface area contributed by atoms with Gasteiger partial charge in [-0.25, -0.2) is 4.39 Å². The standard InChI is InChI=1S/C13H18FNO/c1-16-9-10-2-7-13(15-8-10)11-3-5-12(14)6-4-11/h3-6,10,13,15H,2,7-9H2,1H3. The molecule has 1 saturated heterocycles. The Morgan fingerprint density at radius 3 is 2.62 bits per heavy atom. The second kappa shape index (κ2) is 5.41. The molecule has 0 spiro atoms. The lowest BCUT2D eigenvalue weighted by Gasteiger charge is -2.29. The Morgan fingerprint density at radius 2 is 2.06 bits per heavy atom. The van der Waals surface area contributed by atoms with E-state index in [0.717, 1.165) is 19.6 Å². The number of hydrogen-bond donors (Lipinski definition) is 1. The van der Waals surface area contributed by atoms with Gasteiger partial charge in [-0.2, -0.15) is 0 Å². The van der Waals surface area contributed by atoms with Crippen molar-refractivity contribution in [2.45, 2.75) is 18.9 Å². The zero-order valence-electron chi connectivity index (χ0n) is 9.58. The molecule has 88 valence electrons. The van der Waals surface area contributed by atoms with Gasteiger partial charge < -0.3 is 10.1 Å². The molecule has 1 fully saturated rings. The van der Waals surface area contributed by atoms with E-state index in [9.17, 15) is 4.39 Å². The average Bonchev–Trinajstić information content (AvgIpc) is 2.32. The van der Waals surface area contributed by atoms with E-state index in [1.165, 1.54) is 24.1 Å². The van der Waals surface area contributed by atoms with Gasteiger partial charge >= 0.3 is 0 Å². The molecule has 0 bridgehead atoms. The number of nitrogens with one attached hydrogen (secondary N) is 1. The largest absolute Gasteiger partial charge is 0.384 e. The van der Waals surface area contributed by atoms with E-state index in [0.29, 0.717) is 12.0 Å². The zero-order valence-corrected chi connectivity index (χ0v) is 9.58. The van der Waals surface area contributed by atoms with Crippen LogP contribution in [0.25, 0.3) is 0 Å². The predicted octanol–water partition coefficient (Wildman–Crippen LogP) is 2.51. The van der Waals surface area contributed by atoms with E-state index in [1.54, 1.807) is 7.11 Å². The molecule has 1 aliphatic heterocycles. The lowest BCUT2D eigenvalue weighted by Crippen LogP contribution is -2.35. The number of piperidine rings is 1. The molecule has 1 aliphatic rings. The molecule has 2 atom stereocenters. The van der Waals surface area contributed by atoms with Gasteiger partial charge in [-0.1, -0.05) is 12.1 Å². The lowest BCUT2D eigenvalue weighted by atomic mass is 9.91. The highest BCUT2D eigenvalue weighted by atomic mass is 19.1. The van der Waals surface area contributed by atoms with Gasteiger partial charge in [-0.3, -0.25) is 0 Å². The molecule has 1 heterocycles. The van der Waals surface area contributed by atoms with Gasteiger partial charge in [0.2, 0.25) is 0 Å². The number of ether oxygens (including phenoxy) is 1. The Bertz CT molecular complexity index is 317. The van der Waals surface area contributed by atoms with Crippen molar-refractivity contribution < 1.29 is 9.13 Å². The first-order valence-electron chi connectivity index (χ1n) is 5.77. The van der Waals surface area contributed by atoms with Crippen molar-refractivity contribution in [1.29, 1.82) is 0 Å². The highest BCUT2D eigenvalue weighted by Gasteiger charge is 2.21. The van der Waals surface area contributed by atoms with E-state index >= 15 is 0 Å². The van der Waals surface area contributed by atoms with Crippen LogP contribution in [0, 0.1) is 11.7 Å². The van der Waals surface area contributed by atoms with Crippen molar-refractivity contribution in [3.63, 3.8) is 0 Å². The summed E-state index contributed by atoms with van der Waals surface area (Å²) in [4.78, 5) is 0. The first-order chi connectivity index (χ1) is 7.79.